The van der Waals surface area contributed by atoms with Crippen molar-refractivity contribution in [3.05, 3.63) is 0 Å². The van der Waals surface area contributed by atoms with Gasteiger partial charge in [-0.15, -0.1) is 12.4 Å². The minimum Gasteiger partial charge on any atom is -0.481 e. The number of rotatable bonds is 1. The van der Waals surface area contributed by atoms with Crippen molar-refractivity contribution in [3.63, 3.8) is 0 Å². The number of nitrogens with two attached hydrogens (primary N) is 1. The molecule has 2 saturated carbocycles. The average molecular weight is 192 g/mol. The summed E-state index contributed by atoms with van der Waals surface area (Å²) in [5.41, 5.74) is 5.78. The van der Waals surface area contributed by atoms with E-state index < -0.39 is 5.97 Å². The zero-order chi connectivity index (χ0) is 8.01. The third kappa shape index (κ3) is 1.21. The normalized spacial score (nSPS) is 44.1. The smallest absolute Gasteiger partial charge is 0.308 e. The van der Waals surface area contributed by atoms with Gasteiger partial charge in [-0.2, -0.15) is 0 Å². The van der Waals surface area contributed by atoms with Gasteiger partial charge in [-0.05, 0) is 31.1 Å². The van der Waals surface area contributed by atoms with E-state index in [2.05, 4.69) is 0 Å². The third-order valence-corrected chi connectivity index (χ3v) is 3.27. The number of halogens is 1. The minimum absolute atomic E-state index is 0. The Bertz CT molecular complexity index is 195. The van der Waals surface area contributed by atoms with E-state index >= 15 is 0 Å². The summed E-state index contributed by atoms with van der Waals surface area (Å²) in [7, 11) is 0. The molecule has 0 aromatic carbocycles. The Morgan fingerprint density at radius 1 is 1.33 bits per heavy atom. The molecule has 0 heterocycles. The summed E-state index contributed by atoms with van der Waals surface area (Å²) in [6, 6.07) is -0.0637. The van der Waals surface area contributed by atoms with Gasteiger partial charge < -0.3 is 10.8 Å². The Balaban J connectivity index is 0.000000720. The summed E-state index contributed by atoms with van der Waals surface area (Å²) in [5.74, 6) is -0.0490. The molecule has 0 radical (unpaired) electrons. The highest BCUT2D eigenvalue weighted by molar-refractivity contribution is 5.85. The lowest BCUT2D eigenvalue weighted by molar-refractivity contribution is -0.144. The van der Waals surface area contributed by atoms with E-state index in [4.69, 9.17) is 10.8 Å². The fourth-order valence-electron chi connectivity index (χ4n) is 2.70. The second-order valence-electron chi connectivity index (χ2n) is 3.77. The molecule has 0 amide bonds. The summed E-state index contributed by atoms with van der Waals surface area (Å²) < 4.78 is 0. The molecular formula is C8H14ClNO2. The van der Waals surface area contributed by atoms with E-state index in [9.17, 15) is 4.79 Å². The van der Waals surface area contributed by atoms with E-state index in [-0.39, 0.29) is 24.4 Å². The van der Waals surface area contributed by atoms with Crippen LogP contribution in [0.1, 0.15) is 19.3 Å². The lowest BCUT2D eigenvalue weighted by atomic mass is 9.85. The fourth-order valence-corrected chi connectivity index (χ4v) is 2.70. The van der Waals surface area contributed by atoms with Crippen molar-refractivity contribution in [3.8, 4) is 0 Å². The largest absolute Gasteiger partial charge is 0.481 e. The van der Waals surface area contributed by atoms with Gasteiger partial charge >= 0.3 is 5.97 Å². The first-order valence-corrected chi connectivity index (χ1v) is 4.18. The van der Waals surface area contributed by atoms with Crippen LogP contribution in [0.15, 0.2) is 0 Å². The molecule has 3 N–H and O–H groups in total. The molecule has 12 heavy (non-hydrogen) atoms. The zero-order valence-electron chi connectivity index (χ0n) is 6.77. The van der Waals surface area contributed by atoms with Gasteiger partial charge in [0.25, 0.3) is 0 Å². The van der Waals surface area contributed by atoms with Crippen molar-refractivity contribution >= 4 is 18.4 Å². The van der Waals surface area contributed by atoms with Gasteiger partial charge in [0, 0.05) is 6.04 Å². The highest BCUT2D eigenvalue weighted by atomic mass is 35.5. The van der Waals surface area contributed by atoms with Crippen LogP contribution in [0, 0.1) is 17.8 Å². The average Bonchev–Trinajstić information content (AvgIpc) is 2.44. The molecular weight excluding hydrogens is 178 g/mol. The Labute approximate surface area is 77.7 Å². The van der Waals surface area contributed by atoms with Gasteiger partial charge in [0.1, 0.15) is 0 Å². The van der Waals surface area contributed by atoms with Crippen molar-refractivity contribution in [2.75, 3.05) is 0 Å². The molecule has 2 aliphatic rings. The first-order valence-electron chi connectivity index (χ1n) is 4.18. The van der Waals surface area contributed by atoms with Crippen LogP contribution in [-0.2, 0) is 4.79 Å². The number of hydrogen-bond donors (Lipinski definition) is 2. The second-order valence-corrected chi connectivity index (χ2v) is 3.77. The molecule has 0 saturated heterocycles. The molecule has 2 rings (SSSR count). The molecule has 3 nitrogen and oxygen atoms in total. The van der Waals surface area contributed by atoms with Gasteiger partial charge in [0.2, 0.25) is 0 Å². The molecule has 4 heteroatoms. The monoisotopic (exact) mass is 191 g/mol. The van der Waals surface area contributed by atoms with E-state index in [0.717, 1.165) is 19.3 Å². The van der Waals surface area contributed by atoms with E-state index in [0.29, 0.717) is 11.8 Å². The molecule has 0 aliphatic heterocycles. The van der Waals surface area contributed by atoms with E-state index in [1.807, 2.05) is 0 Å². The number of fused-ring (bicyclic) bond motifs is 2. The van der Waals surface area contributed by atoms with Crippen LogP contribution in [0.4, 0.5) is 0 Å². The lowest BCUT2D eigenvalue weighted by Crippen LogP contribution is -2.40. The first kappa shape index (κ1) is 9.81. The number of hydrogen-bond acceptors (Lipinski definition) is 2. The van der Waals surface area contributed by atoms with Crippen molar-refractivity contribution in [2.24, 2.45) is 23.5 Å². The standard InChI is InChI=1S/C8H13NO2.ClH/c9-7-5-2-1-4(3-5)6(7)8(10)11;/h4-7H,1-3,9H2,(H,10,11);1H/t4?,5?,6-,7?;/m1./s1. The fraction of sp³-hybridized carbons (Fsp3) is 0.875. The number of carboxylic acid groups (broad SMARTS) is 1. The predicted molar refractivity (Wildman–Crippen MR) is 47.2 cm³/mol. The first-order chi connectivity index (χ1) is 5.20. The van der Waals surface area contributed by atoms with Crippen LogP contribution >= 0.6 is 12.4 Å². The summed E-state index contributed by atoms with van der Waals surface area (Å²) in [5, 5.41) is 8.83. The molecule has 4 atom stereocenters. The SMILES string of the molecule is Cl.NC1C2CCC(C2)[C@H]1C(=O)O. The molecule has 0 spiro atoms. The highest BCUT2D eigenvalue weighted by Gasteiger charge is 2.49. The van der Waals surface area contributed by atoms with Crippen LogP contribution in [0.5, 0.6) is 0 Å². The topological polar surface area (TPSA) is 63.3 Å². The maximum absolute atomic E-state index is 10.7. The summed E-state index contributed by atoms with van der Waals surface area (Å²) in [6.45, 7) is 0. The number of aliphatic carboxylic acids is 1. The number of carbonyl (C=O) groups is 1. The highest BCUT2D eigenvalue weighted by Crippen LogP contribution is 2.47. The Morgan fingerprint density at radius 3 is 2.25 bits per heavy atom. The van der Waals surface area contributed by atoms with Gasteiger partial charge in [-0.3, -0.25) is 4.79 Å². The quantitative estimate of drug-likeness (QED) is 0.647. The molecule has 2 aliphatic carbocycles. The Kier molecular flexibility index (Phi) is 2.64. The molecule has 2 bridgehead atoms. The van der Waals surface area contributed by atoms with Crippen LogP contribution in [0.3, 0.4) is 0 Å². The van der Waals surface area contributed by atoms with Crippen LogP contribution in [0.25, 0.3) is 0 Å². The van der Waals surface area contributed by atoms with E-state index in [1.54, 1.807) is 0 Å². The van der Waals surface area contributed by atoms with Gasteiger partial charge in [-0.1, -0.05) is 0 Å². The van der Waals surface area contributed by atoms with Crippen molar-refractivity contribution < 1.29 is 9.90 Å². The lowest BCUT2D eigenvalue weighted by Gasteiger charge is -2.23. The summed E-state index contributed by atoms with van der Waals surface area (Å²) >= 11 is 0. The Hall–Kier alpha value is -0.280. The van der Waals surface area contributed by atoms with Crippen molar-refractivity contribution in [2.45, 2.75) is 25.3 Å². The second kappa shape index (κ2) is 3.23. The van der Waals surface area contributed by atoms with Crippen LogP contribution in [0.2, 0.25) is 0 Å². The molecule has 70 valence electrons. The van der Waals surface area contributed by atoms with Gasteiger partial charge in [0.15, 0.2) is 0 Å². The summed E-state index contributed by atoms with van der Waals surface area (Å²) in [6.07, 6.45) is 3.28. The minimum atomic E-state index is -0.690. The summed E-state index contributed by atoms with van der Waals surface area (Å²) in [4.78, 5) is 10.7. The maximum Gasteiger partial charge on any atom is 0.308 e. The number of carboxylic acids is 1. The van der Waals surface area contributed by atoms with Crippen LogP contribution in [-0.4, -0.2) is 17.1 Å². The van der Waals surface area contributed by atoms with E-state index in [1.165, 1.54) is 0 Å². The Morgan fingerprint density at radius 2 is 1.92 bits per heavy atom. The zero-order valence-corrected chi connectivity index (χ0v) is 7.59. The maximum atomic E-state index is 10.7. The van der Waals surface area contributed by atoms with Crippen molar-refractivity contribution in [1.82, 2.24) is 0 Å². The van der Waals surface area contributed by atoms with Gasteiger partial charge in [0.05, 0.1) is 5.92 Å². The predicted octanol–water partition coefficient (Wildman–Crippen LogP) is 0.866. The molecule has 2 fully saturated rings. The van der Waals surface area contributed by atoms with Crippen LogP contribution < -0.4 is 5.73 Å². The molecule has 3 unspecified atom stereocenters. The molecule has 0 aromatic heterocycles. The van der Waals surface area contributed by atoms with Crippen molar-refractivity contribution in [1.29, 1.82) is 0 Å². The molecule has 0 aromatic rings. The van der Waals surface area contributed by atoms with Gasteiger partial charge in [-0.25, -0.2) is 0 Å². The third-order valence-electron chi connectivity index (χ3n) is 3.27.